The van der Waals surface area contributed by atoms with Gasteiger partial charge in [-0.1, -0.05) is 18.2 Å². The summed E-state index contributed by atoms with van der Waals surface area (Å²) >= 11 is 0. The van der Waals surface area contributed by atoms with Crippen LogP contribution in [0.15, 0.2) is 48.5 Å². The maximum Gasteiger partial charge on any atom is 0.138 e. The molecule has 0 saturated carbocycles. The van der Waals surface area contributed by atoms with Gasteiger partial charge in [0.2, 0.25) is 0 Å². The van der Waals surface area contributed by atoms with E-state index in [0.29, 0.717) is 17.8 Å². The number of anilines is 1. The Bertz CT molecular complexity index is 774. The van der Waals surface area contributed by atoms with Crippen LogP contribution in [0.1, 0.15) is 0 Å². The molecule has 0 atom stereocenters. The molecule has 3 nitrogen and oxygen atoms in total. The lowest BCUT2D eigenvalue weighted by molar-refractivity contribution is 0.547. The van der Waals surface area contributed by atoms with Gasteiger partial charge in [-0.25, -0.2) is 17.9 Å². The van der Waals surface area contributed by atoms with Crippen LogP contribution in [-0.4, -0.2) is 9.78 Å². The van der Waals surface area contributed by atoms with Crippen molar-refractivity contribution in [2.45, 2.75) is 0 Å². The van der Waals surface area contributed by atoms with Gasteiger partial charge in [0.15, 0.2) is 0 Å². The minimum absolute atomic E-state index is 0.00588. The van der Waals surface area contributed by atoms with Gasteiger partial charge in [-0.05, 0) is 12.1 Å². The molecule has 1 heterocycles. The van der Waals surface area contributed by atoms with Crippen LogP contribution in [0.4, 0.5) is 19.0 Å². The molecule has 106 valence electrons. The largest absolute Gasteiger partial charge is 0.384 e. The smallest absolute Gasteiger partial charge is 0.138 e. The summed E-state index contributed by atoms with van der Waals surface area (Å²) in [5.74, 6) is -2.81. The SMILES string of the molecule is Nc1cc(-c2c(F)cc(F)cc2F)nn1-c1ccccc1. The fraction of sp³-hybridized carbons (Fsp3) is 0. The van der Waals surface area contributed by atoms with Crippen molar-refractivity contribution in [2.75, 3.05) is 5.73 Å². The van der Waals surface area contributed by atoms with Gasteiger partial charge in [0.05, 0.1) is 11.3 Å². The van der Waals surface area contributed by atoms with Crippen LogP contribution in [0.25, 0.3) is 16.9 Å². The van der Waals surface area contributed by atoms with E-state index in [1.165, 1.54) is 10.7 Å². The van der Waals surface area contributed by atoms with Crippen molar-refractivity contribution >= 4 is 5.82 Å². The lowest BCUT2D eigenvalue weighted by Gasteiger charge is -2.03. The Morgan fingerprint density at radius 2 is 1.52 bits per heavy atom. The van der Waals surface area contributed by atoms with Gasteiger partial charge in [-0.3, -0.25) is 0 Å². The van der Waals surface area contributed by atoms with E-state index >= 15 is 0 Å². The molecule has 0 aliphatic rings. The summed E-state index contributed by atoms with van der Waals surface area (Å²) in [5.41, 5.74) is 6.08. The van der Waals surface area contributed by atoms with Gasteiger partial charge in [0, 0.05) is 18.2 Å². The summed E-state index contributed by atoms with van der Waals surface area (Å²) in [4.78, 5) is 0. The molecular weight excluding hydrogens is 279 g/mol. The highest BCUT2D eigenvalue weighted by Crippen LogP contribution is 2.28. The van der Waals surface area contributed by atoms with Crippen LogP contribution in [0.3, 0.4) is 0 Å². The fourth-order valence-electron chi connectivity index (χ4n) is 2.08. The van der Waals surface area contributed by atoms with Crippen LogP contribution < -0.4 is 5.73 Å². The van der Waals surface area contributed by atoms with Crippen molar-refractivity contribution < 1.29 is 13.2 Å². The molecule has 21 heavy (non-hydrogen) atoms. The quantitative estimate of drug-likeness (QED) is 0.784. The van der Waals surface area contributed by atoms with Gasteiger partial charge in [0.1, 0.15) is 29.0 Å². The van der Waals surface area contributed by atoms with Crippen LogP contribution in [0.5, 0.6) is 0 Å². The second-order valence-electron chi connectivity index (χ2n) is 4.45. The number of para-hydroxylation sites is 1. The molecule has 0 aliphatic carbocycles. The lowest BCUT2D eigenvalue weighted by Crippen LogP contribution is -2.01. The molecule has 0 aliphatic heterocycles. The van der Waals surface area contributed by atoms with E-state index in [0.717, 1.165) is 0 Å². The molecule has 2 aromatic carbocycles. The standard InChI is InChI=1S/C15H10F3N3/c16-9-6-11(17)15(12(18)7-9)13-8-14(19)21(20-13)10-4-2-1-3-5-10/h1-8H,19H2. The predicted molar refractivity (Wildman–Crippen MR) is 73.3 cm³/mol. The van der Waals surface area contributed by atoms with E-state index < -0.39 is 23.0 Å². The van der Waals surface area contributed by atoms with Crippen molar-refractivity contribution in [3.8, 4) is 16.9 Å². The molecule has 0 amide bonds. The van der Waals surface area contributed by atoms with Gasteiger partial charge < -0.3 is 5.73 Å². The van der Waals surface area contributed by atoms with Crippen LogP contribution >= 0.6 is 0 Å². The number of hydrogen-bond acceptors (Lipinski definition) is 2. The molecule has 3 aromatic rings. The Hall–Kier alpha value is -2.76. The number of hydrogen-bond donors (Lipinski definition) is 1. The Morgan fingerprint density at radius 1 is 0.905 bits per heavy atom. The Morgan fingerprint density at radius 3 is 2.14 bits per heavy atom. The third-order valence-electron chi connectivity index (χ3n) is 3.00. The Kier molecular flexibility index (Phi) is 3.13. The first-order valence-electron chi connectivity index (χ1n) is 6.12. The summed E-state index contributed by atoms with van der Waals surface area (Å²) in [5, 5.41) is 4.09. The van der Waals surface area contributed by atoms with Gasteiger partial charge in [-0.15, -0.1) is 0 Å². The monoisotopic (exact) mass is 289 g/mol. The maximum absolute atomic E-state index is 13.8. The first-order valence-corrected chi connectivity index (χ1v) is 6.12. The lowest BCUT2D eigenvalue weighted by atomic mass is 10.1. The van der Waals surface area contributed by atoms with E-state index in [1.807, 2.05) is 6.07 Å². The Balaban J connectivity index is 2.14. The average molecular weight is 289 g/mol. The zero-order valence-corrected chi connectivity index (χ0v) is 10.7. The van der Waals surface area contributed by atoms with Gasteiger partial charge in [0.25, 0.3) is 0 Å². The predicted octanol–water partition coefficient (Wildman–Crippen LogP) is 3.54. The highest BCUT2D eigenvalue weighted by Gasteiger charge is 2.18. The zero-order chi connectivity index (χ0) is 15.0. The average Bonchev–Trinajstić information content (AvgIpc) is 2.80. The number of nitrogens with zero attached hydrogens (tertiary/aromatic N) is 2. The molecule has 0 unspecified atom stereocenters. The second kappa shape index (κ2) is 4.97. The first-order chi connectivity index (χ1) is 10.1. The summed E-state index contributed by atoms with van der Waals surface area (Å²) < 4.78 is 41.8. The van der Waals surface area contributed by atoms with Crippen molar-refractivity contribution in [3.05, 3.63) is 66.0 Å². The van der Waals surface area contributed by atoms with Crippen molar-refractivity contribution in [1.29, 1.82) is 0 Å². The normalized spacial score (nSPS) is 10.8. The molecule has 0 fully saturated rings. The summed E-state index contributed by atoms with van der Waals surface area (Å²) in [7, 11) is 0. The third kappa shape index (κ3) is 2.35. The zero-order valence-electron chi connectivity index (χ0n) is 10.7. The molecule has 0 radical (unpaired) electrons. The molecule has 0 bridgehead atoms. The van der Waals surface area contributed by atoms with E-state index in [9.17, 15) is 13.2 Å². The Labute approximate surface area is 118 Å². The van der Waals surface area contributed by atoms with Gasteiger partial charge in [-0.2, -0.15) is 5.10 Å². The van der Waals surface area contributed by atoms with Gasteiger partial charge >= 0.3 is 0 Å². The molecule has 3 rings (SSSR count). The summed E-state index contributed by atoms with van der Waals surface area (Å²) in [6, 6.07) is 11.5. The van der Waals surface area contributed by atoms with Crippen LogP contribution in [0.2, 0.25) is 0 Å². The van der Waals surface area contributed by atoms with Crippen LogP contribution in [-0.2, 0) is 0 Å². The molecule has 0 saturated heterocycles. The fourth-order valence-corrected chi connectivity index (χ4v) is 2.08. The number of rotatable bonds is 2. The first kappa shape index (κ1) is 13.2. The molecule has 1 aromatic heterocycles. The summed E-state index contributed by atoms with van der Waals surface area (Å²) in [6.07, 6.45) is 0. The number of nitrogens with two attached hydrogens (primary N) is 1. The number of nitrogen functional groups attached to an aromatic ring is 1. The number of aromatic nitrogens is 2. The minimum Gasteiger partial charge on any atom is -0.384 e. The molecule has 0 spiro atoms. The topological polar surface area (TPSA) is 43.8 Å². The van der Waals surface area contributed by atoms with E-state index in [4.69, 9.17) is 5.73 Å². The van der Waals surface area contributed by atoms with Crippen molar-refractivity contribution in [1.82, 2.24) is 9.78 Å². The van der Waals surface area contributed by atoms with E-state index in [2.05, 4.69) is 5.10 Å². The van der Waals surface area contributed by atoms with Crippen molar-refractivity contribution in [3.63, 3.8) is 0 Å². The summed E-state index contributed by atoms with van der Waals surface area (Å²) in [6.45, 7) is 0. The van der Waals surface area contributed by atoms with Crippen molar-refractivity contribution in [2.24, 2.45) is 0 Å². The van der Waals surface area contributed by atoms with E-state index in [1.54, 1.807) is 24.3 Å². The van der Waals surface area contributed by atoms with E-state index in [-0.39, 0.29) is 11.5 Å². The molecule has 6 heteroatoms. The molecule has 2 N–H and O–H groups in total. The second-order valence-corrected chi connectivity index (χ2v) is 4.45. The third-order valence-corrected chi connectivity index (χ3v) is 3.00. The number of halogens is 3. The minimum atomic E-state index is -1.02. The maximum atomic E-state index is 13.8. The highest BCUT2D eigenvalue weighted by atomic mass is 19.1. The van der Waals surface area contributed by atoms with Crippen LogP contribution in [0, 0.1) is 17.5 Å². The number of benzene rings is 2. The highest BCUT2D eigenvalue weighted by molar-refractivity contribution is 5.65. The molecular formula is C15H10F3N3.